The molecule has 7 nitrogen and oxygen atoms in total. The zero-order chi connectivity index (χ0) is 15.5. The second-order valence-electron chi connectivity index (χ2n) is 4.33. The third kappa shape index (κ3) is 4.26. The molecule has 0 aliphatic carbocycles. The first kappa shape index (κ1) is 14.9. The fraction of sp³-hybridized carbons (Fsp3) is 0.0769. The number of rotatable bonds is 4. The van der Waals surface area contributed by atoms with Gasteiger partial charge in [-0.25, -0.2) is 18.5 Å². The van der Waals surface area contributed by atoms with E-state index in [1.54, 1.807) is 12.1 Å². The third-order valence-electron chi connectivity index (χ3n) is 2.58. The van der Waals surface area contributed by atoms with Crippen molar-refractivity contribution in [3.63, 3.8) is 0 Å². The van der Waals surface area contributed by atoms with Crippen LogP contribution in [-0.2, 0) is 15.8 Å². The highest BCUT2D eigenvalue weighted by atomic mass is 32.2. The Hall–Kier alpha value is -2.45. The van der Waals surface area contributed by atoms with E-state index in [-0.39, 0.29) is 17.2 Å². The second-order valence-corrected chi connectivity index (χ2v) is 5.94. The van der Waals surface area contributed by atoms with Gasteiger partial charge in [-0.2, -0.15) is 0 Å². The van der Waals surface area contributed by atoms with Crippen molar-refractivity contribution in [2.75, 3.05) is 5.32 Å². The minimum absolute atomic E-state index is 0.0916. The van der Waals surface area contributed by atoms with E-state index in [4.69, 9.17) is 5.14 Å². The number of primary sulfonamides is 1. The smallest absolute Gasteiger partial charge is 0.278 e. The van der Waals surface area contributed by atoms with Gasteiger partial charge in [0.2, 0.25) is 10.0 Å². The van der Waals surface area contributed by atoms with Crippen molar-refractivity contribution >= 4 is 21.6 Å². The van der Waals surface area contributed by atoms with Crippen molar-refractivity contribution in [3.8, 4) is 5.75 Å². The summed E-state index contributed by atoms with van der Waals surface area (Å²) < 4.78 is 21.9. The molecule has 0 aliphatic rings. The summed E-state index contributed by atoms with van der Waals surface area (Å²) in [6, 6.07) is 9.03. The number of hydrogen-bond donors (Lipinski definition) is 3. The van der Waals surface area contributed by atoms with Gasteiger partial charge in [-0.3, -0.25) is 4.79 Å². The molecule has 0 spiro atoms. The van der Waals surface area contributed by atoms with Crippen molar-refractivity contribution in [1.29, 1.82) is 0 Å². The monoisotopic (exact) mass is 307 g/mol. The lowest BCUT2D eigenvalue weighted by Gasteiger charge is -2.06. The number of amides is 1. The third-order valence-corrected chi connectivity index (χ3v) is 3.32. The van der Waals surface area contributed by atoms with Gasteiger partial charge in [0.1, 0.15) is 5.75 Å². The maximum atomic E-state index is 11.9. The van der Waals surface area contributed by atoms with E-state index in [9.17, 15) is 18.3 Å². The molecule has 1 heterocycles. The average molecular weight is 307 g/mol. The van der Waals surface area contributed by atoms with E-state index in [0.717, 1.165) is 0 Å². The summed E-state index contributed by atoms with van der Waals surface area (Å²) in [5.74, 6) is -1.06. The van der Waals surface area contributed by atoms with E-state index in [0.29, 0.717) is 11.3 Å². The number of anilines is 1. The summed E-state index contributed by atoms with van der Waals surface area (Å²) in [5, 5.41) is 17.0. The van der Waals surface area contributed by atoms with Crippen LogP contribution in [0, 0.1) is 0 Å². The van der Waals surface area contributed by atoms with Crippen LogP contribution in [0.4, 0.5) is 5.69 Å². The molecule has 1 aromatic carbocycles. The van der Waals surface area contributed by atoms with Crippen molar-refractivity contribution < 1.29 is 18.3 Å². The van der Waals surface area contributed by atoms with Gasteiger partial charge in [0.25, 0.3) is 5.91 Å². The van der Waals surface area contributed by atoms with Crippen molar-refractivity contribution in [3.05, 3.63) is 53.9 Å². The summed E-state index contributed by atoms with van der Waals surface area (Å²) in [6.07, 6.45) is 1.39. The number of carbonyl (C=O) groups excluding carboxylic acids is 1. The van der Waals surface area contributed by atoms with Gasteiger partial charge in [-0.1, -0.05) is 12.1 Å². The minimum atomic E-state index is -3.59. The number of pyridine rings is 1. The molecule has 2 aromatic rings. The van der Waals surface area contributed by atoms with Gasteiger partial charge < -0.3 is 10.4 Å². The first-order chi connectivity index (χ1) is 9.85. The number of aromatic nitrogens is 1. The van der Waals surface area contributed by atoms with Crippen LogP contribution in [0.2, 0.25) is 0 Å². The molecule has 1 aromatic heterocycles. The van der Waals surface area contributed by atoms with Crippen LogP contribution in [0.3, 0.4) is 0 Å². The molecule has 0 fully saturated rings. The van der Waals surface area contributed by atoms with Crippen LogP contribution in [-0.4, -0.2) is 24.4 Å². The Morgan fingerprint density at radius 3 is 2.48 bits per heavy atom. The molecule has 4 N–H and O–H groups in total. The highest BCUT2D eigenvalue weighted by molar-refractivity contribution is 7.88. The van der Waals surface area contributed by atoms with Gasteiger partial charge in [0.05, 0.1) is 5.75 Å². The zero-order valence-electron chi connectivity index (χ0n) is 10.9. The molecule has 0 saturated heterocycles. The molecule has 0 atom stereocenters. The minimum Gasteiger partial charge on any atom is -0.505 e. The van der Waals surface area contributed by atoms with E-state index < -0.39 is 15.9 Å². The topological polar surface area (TPSA) is 122 Å². The molecule has 0 bridgehead atoms. The average Bonchev–Trinajstić information content (AvgIpc) is 2.40. The predicted octanol–water partition coefficient (Wildman–Crippen LogP) is 0.828. The predicted molar refractivity (Wildman–Crippen MR) is 77.1 cm³/mol. The van der Waals surface area contributed by atoms with Gasteiger partial charge in [0, 0.05) is 11.9 Å². The van der Waals surface area contributed by atoms with Crippen LogP contribution in [0.5, 0.6) is 5.75 Å². The highest BCUT2D eigenvalue weighted by Crippen LogP contribution is 2.16. The summed E-state index contributed by atoms with van der Waals surface area (Å²) >= 11 is 0. The number of aromatic hydroxyl groups is 1. The first-order valence-corrected chi connectivity index (χ1v) is 7.61. The molecule has 0 saturated carbocycles. The molecule has 8 heteroatoms. The maximum Gasteiger partial charge on any atom is 0.278 e. The summed E-state index contributed by atoms with van der Waals surface area (Å²) in [7, 11) is -3.59. The largest absolute Gasteiger partial charge is 0.505 e. The van der Waals surface area contributed by atoms with Crippen molar-refractivity contribution in [1.82, 2.24) is 4.98 Å². The molecular formula is C13H13N3O4S. The van der Waals surface area contributed by atoms with E-state index in [2.05, 4.69) is 10.3 Å². The summed E-state index contributed by atoms with van der Waals surface area (Å²) in [5.41, 5.74) is 0.866. The van der Waals surface area contributed by atoms with Crippen LogP contribution in [0.15, 0.2) is 42.6 Å². The number of hydrogen-bond acceptors (Lipinski definition) is 5. The Labute approximate surface area is 121 Å². The summed E-state index contributed by atoms with van der Waals surface area (Å²) in [4.78, 5) is 15.7. The molecule has 0 radical (unpaired) electrons. The Bertz CT molecular complexity index is 757. The maximum absolute atomic E-state index is 11.9. The SMILES string of the molecule is NS(=O)(=O)Cc1ccc(NC(=O)c2ncccc2O)cc1. The van der Waals surface area contributed by atoms with E-state index >= 15 is 0 Å². The quantitative estimate of drug-likeness (QED) is 0.772. The lowest BCUT2D eigenvalue weighted by Crippen LogP contribution is -2.15. The number of benzene rings is 1. The van der Waals surface area contributed by atoms with Crippen molar-refractivity contribution in [2.24, 2.45) is 5.14 Å². The Morgan fingerprint density at radius 1 is 1.24 bits per heavy atom. The Kier molecular flexibility index (Phi) is 4.20. The number of carbonyl (C=O) groups is 1. The lowest BCUT2D eigenvalue weighted by atomic mass is 10.2. The lowest BCUT2D eigenvalue weighted by molar-refractivity contribution is 0.101. The molecule has 0 aliphatic heterocycles. The molecule has 0 unspecified atom stereocenters. The number of sulfonamides is 1. The summed E-state index contributed by atoms with van der Waals surface area (Å²) in [6.45, 7) is 0. The zero-order valence-corrected chi connectivity index (χ0v) is 11.7. The molecular weight excluding hydrogens is 294 g/mol. The van der Waals surface area contributed by atoms with Crippen molar-refractivity contribution in [2.45, 2.75) is 5.75 Å². The number of nitrogens with two attached hydrogens (primary N) is 1. The van der Waals surface area contributed by atoms with Crippen LogP contribution in [0.25, 0.3) is 0 Å². The second kappa shape index (κ2) is 5.90. The fourth-order valence-corrected chi connectivity index (χ4v) is 2.34. The van der Waals surface area contributed by atoms with Gasteiger partial charge in [0.15, 0.2) is 5.69 Å². The van der Waals surface area contributed by atoms with Gasteiger partial charge in [-0.05, 0) is 29.8 Å². The standard InChI is InChI=1S/C13H13N3O4S/c14-21(19,20)8-9-3-5-10(6-4-9)16-13(18)12-11(17)2-1-7-15-12/h1-7,17H,8H2,(H,16,18)(H2,14,19,20). The van der Waals surface area contributed by atoms with E-state index in [1.807, 2.05) is 0 Å². The highest BCUT2D eigenvalue weighted by Gasteiger charge is 2.12. The Morgan fingerprint density at radius 2 is 1.90 bits per heavy atom. The van der Waals surface area contributed by atoms with Gasteiger partial charge in [-0.15, -0.1) is 0 Å². The van der Waals surface area contributed by atoms with Crippen LogP contribution >= 0.6 is 0 Å². The fourth-order valence-electron chi connectivity index (χ4n) is 1.68. The normalized spacial score (nSPS) is 11.1. The Balaban J connectivity index is 2.10. The van der Waals surface area contributed by atoms with E-state index in [1.165, 1.54) is 30.5 Å². The number of nitrogens with one attached hydrogen (secondary N) is 1. The molecule has 1 amide bonds. The molecule has 21 heavy (non-hydrogen) atoms. The van der Waals surface area contributed by atoms with Gasteiger partial charge >= 0.3 is 0 Å². The molecule has 2 rings (SSSR count). The molecule has 110 valence electrons. The number of nitrogens with zero attached hydrogens (tertiary/aromatic N) is 1. The van der Waals surface area contributed by atoms with Crippen LogP contribution in [0.1, 0.15) is 16.1 Å². The van der Waals surface area contributed by atoms with Crippen LogP contribution < -0.4 is 10.5 Å². The first-order valence-electron chi connectivity index (χ1n) is 5.90.